The van der Waals surface area contributed by atoms with Gasteiger partial charge in [-0.2, -0.15) is 26.3 Å². The number of carbonyl (C=O) groups is 1. The second kappa shape index (κ2) is 17.0. The molecule has 4 nitrogen and oxygen atoms in total. The standard InChI is InChI=1S/C24H29F3N2O2.C3H8.C2H3F3/c1-31-22-8-3-2-6-20(22)16-28-15-18-9-10-19(13-18)23(30)29-12-11-17-5-4-7-21(14-17)24(25,26)27;1-3-2;1-2(3,4)5/h2-8,14,18-19,28H,9-13,15-16H2,1H3,(H,29,30);3H2,1-2H3;1H3/t18?,19-;;/m0../s1. The Morgan fingerprint density at radius 1 is 1.00 bits per heavy atom. The maximum absolute atomic E-state index is 12.8. The molecule has 0 aromatic heterocycles. The second-order valence-electron chi connectivity index (χ2n) is 9.55. The summed E-state index contributed by atoms with van der Waals surface area (Å²) in [7, 11) is 1.66. The fourth-order valence-corrected chi connectivity index (χ4v) is 4.14. The van der Waals surface area contributed by atoms with Gasteiger partial charge < -0.3 is 15.4 Å². The van der Waals surface area contributed by atoms with Crippen LogP contribution in [0.25, 0.3) is 0 Å². The molecule has 39 heavy (non-hydrogen) atoms. The number of amides is 1. The Kier molecular flexibility index (Phi) is 15.0. The molecule has 0 radical (unpaired) electrons. The first-order valence-electron chi connectivity index (χ1n) is 13.1. The Bertz CT molecular complexity index is 973. The zero-order valence-corrected chi connectivity index (χ0v) is 23.0. The molecule has 0 saturated heterocycles. The average Bonchev–Trinajstić information content (AvgIpc) is 3.33. The van der Waals surface area contributed by atoms with Gasteiger partial charge in [-0.15, -0.1) is 0 Å². The minimum Gasteiger partial charge on any atom is -0.496 e. The molecule has 1 saturated carbocycles. The molecular weight excluding hydrogens is 522 g/mol. The van der Waals surface area contributed by atoms with Gasteiger partial charge in [0.05, 0.1) is 12.7 Å². The lowest BCUT2D eigenvalue weighted by atomic mass is 10.0. The Morgan fingerprint density at radius 3 is 2.26 bits per heavy atom. The van der Waals surface area contributed by atoms with Gasteiger partial charge in [-0.1, -0.05) is 56.7 Å². The van der Waals surface area contributed by atoms with Crippen molar-refractivity contribution < 1.29 is 35.9 Å². The number of halogens is 6. The van der Waals surface area contributed by atoms with Crippen molar-refractivity contribution in [1.82, 2.24) is 10.6 Å². The number of carbonyl (C=O) groups excluding carboxylic acids is 1. The van der Waals surface area contributed by atoms with Gasteiger partial charge in [-0.25, -0.2) is 0 Å². The quantitative estimate of drug-likeness (QED) is 0.310. The largest absolute Gasteiger partial charge is 0.496 e. The van der Waals surface area contributed by atoms with Gasteiger partial charge in [0.25, 0.3) is 0 Å². The molecule has 1 amide bonds. The summed E-state index contributed by atoms with van der Waals surface area (Å²) in [6, 6.07) is 13.1. The predicted octanol–water partition coefficient (Wildman–Crippen LogP) is 7.56. The summed E-state index contributed by atoms with van der Waals surface area (Å²) >= 11 is 0. The fourth-order valence-electron chi connectivity index (χ4n) is 4.14. The van der Waals surface area contributed by atoms with Crippen molar-refractivity contribution >= 4 is 5.91 Å². The van der Waals surface area contributed by atoms with Gasteiger partial charge in [-0.05, 0) is 55.8 Å². The van der Waals surface area contributed by atoms with E-state index < -0.39 is 17.9 Å². The van der Waals surface area contributed by atoms with Crippen LogP contribution in [0.4, 0.5) is 26.3 Å². The van der Waals surface area contributed by atoms with E-state index in [0.717, 1.165) is 49.3 Å². The summed E-state index contributed by atoms with van der Waals surface area (Å²) in [4.78, 5) is 12.5. The third kappa shape index (κ3) is 14.8. The Balaban J connectivity index is 0.000000838. The van der Waals surface area contributed by atoms with Crippen molar-refractivity contribution in [1.29, 1.82) is 0 Å². The normalized spacial score (nSPS) is 16.9. The van der Waals surface area contributed by atoms with Gasteiger partial charge in [-0.3, -0.25) is 4.79 Å². The van der Waals surface area contributed by atoms with Crippen LogP contribution >= 0.6 is 0 Å². The summed E-state index contributed by atoms with van der Waals surface area (Å²) < 4.78 is 74.8. The first-order valence-corrected chi connectivity index (χ1v) is 13.1. The Morgan fingerprint density at radius 2 is 1.64 bits per heavy atom. The molecule has 2 aromatic carbocycles. The van der Waals surface area contributed by atoms with Crippen molar-refractivity contribution in [2.75, 3.05) is 20.2 Å². The van der Waals surface area contributed by atoms with Gasteiger partial charge >= 0.3 is 12.4 Å². The third-order valence-corrected chi connectivity index (χ3v) is 5.82. The monoisotopic (exact) mass is 562 g/mol. The van der Waals surface area contributed by atoms with Crippen LogP contribution in [-0.4, -0.2) is 32.3 Å². The van der Waals surface area contributed by atoms with Gasteiger partial charge in [0.2, 0.25) is 5.91 Å². The highest BCUT2D eigenvalue weighted by atomic mass is 19.4. The molecule has 2 aromatic rings. The van der Waals surface area contributed by atoms with Gasteiger partial charge in [0.15, 0.2) is 0 Å². The highest BCUT2D eigenvalue weighted by molar-refractivity contribution is 5.78. The lowest BCUT2D eigenvalue weighted by molar-refractivity contribution is -0.137. The minimum atomic E-state index is -4.35. The molecular formula is C29H40F6N2O2. The lowest BCUT2D eigenvalue weighted by Crippen LogP contribution is -2.31. The average molecular weight is 563 g/mol. The molecule has 0 aliphatic heterocycles. The SMILES string of the molecule is CC(F)(F)F.CCC.COc1ccccc1CNCC1CC[C@H](C(=O)NCCc2cccc(C(F)(F)F)c2)C1. The van der Waals surface area contributed by atoms with Crippen LogP contribution in [-0.2, 0) is 23.9 Å². The summed E-state index contributed by atoms with van der Waals surface area (Å²) in [5.74, 6) is 1.27. The smallest absolute Gasteiger partial charge is 0.416 e. The molecule has 2 atom stereocenters. The molecule has 220 valence electrons. The van der Waals surface area contributed by atoms with E-state index in [4.69, 9.17) is 4.74 Å². The maximum Gasteiger partial charge on any atom is 0.416 e. The molecule has 10 heteroatoms. The molecule has 0 spiro atoms. The predicted molar refractivity (Wildman–Crippen MR) is 141 cm³/mol. The summed E-state index contributed by atoms with van der Waals surface area (Å²) in [5.41, 5.74) is 1.02. The number of para-hydroxylation sites is 1. The lowest BCUT2D eigenvalue weighted by Gasteiger charge is -2.14. The van der Waals surface area contributed by atoms with E-state index in [1.165, 1.54) is 12.5 Å². The molecule has 2 N–H and O–H groups in total. The van der Waals surface area contributed by atoms with Gasteiger partial charge in [0, 0.05) is 31.5 Å². The van der Waals surface area contributed by atoms with E-state index in [9.17, 15) is 31.1 Å². The Hall–Kier alpha value is -2.75. The van der Waals surface area contributed by atoms with Crippen LogP contribution in [0.2, 0.25) is 0 Å². The minimum absolute atomic E-state index is 0.000736. The zero-order chi connectivity index (χ0) is 29.5. The molecule has 0 bridgehead atoms. The Labute approximate surface area is 227 Å². The highest BCUT2D eigenvalue weighted by Crippen LogP contribution is 2.31. The highest BCUT2D eigenvalue weighted by Gasteiger charge is 2.31. The van der Waals surface area contributed by atoms with Crippen molar-refractivity contribution in [2.24, 2.45) is 11.8 Å². The first kappa shape index (κ1) is 34.3. The van der Waals surface area contributed by atoms with E-state index in [2.05, 4.69) is 24.5 Å². The molecule has 0 heterocycles. The van der Waals surface area contributed by atoms with Gasteiger partial charge in [0.1, 0.15) is 5.75 Å². The molecule has 1 fully saturated rings. The van der Waals surface area contributed by atoms with Crippen molar-refractivity contribution in [3.8, 4) is 5.75 Å². The summed E-state index contributed by atoms with van der Waals surface area (Å²) in [6.45, 7) is 6.33. The number of methoxy groups -OCH3 is 1. The van der Waals surface area contributed by atoms with E-state index in [-0.39, 0.29) is 18.7 Å². The van der Waals surface area contributed by atoms with Crippen molar-refractivity contribution in [3.63, 3.8) is 0 Å². The molecule has 3 rings (SSSR count). The van der Waals surface area contributed by atoms with Crippen LogP contribution in [0, 0.1) is 11.8 Å². The number of benzene rings is 2. The second-order valence-corrected chi connectivity index (χ2v) is 9.55. The summed E-state index contributed by atoms with van der Waals surface area (Å²) in [5, 5.41) is 6.35. The van der Waals surface area contributed by atoms with Crippen LogP contribution in [0.5, 0.6) is 5.75 Å². The number of hydrogen-bond donors (Lipinski definition) is 2. The molecule has 1 aliphatic carbocycles. The van der Waals surface area contributed by atoms with Crippen LogP contribution in [0.3, 0.4) is 0 Å². The van der Waals surface area contributed by atoms with E-state index >= 15 is 0 Å². The van der Waals surface area contributed by atoms with Crippen LogP contribution in [0.15, 0.2) is 48.5 Å². The number of hydrogen-bond acceptors (Lipinski definition) is 3. The first-order chi connectivity index (χ1) is 18.3. The number of nitrogens with one attached hydrogen (secondary N) is 2. The van der Waals surface area contributed by atoms with E-state index in [1.54, 1.807) is 13.2 Å². The number of ether oxygens (including phenoxy) is 1. The topological polar surface area (TPSA) is 50.4 Å². The number of alkyl halides is 6. The van der Waals surface area contributed by atoms with E-state index in [0.29, 0.717) is 31.0 Å². The zero-order valence-electron chi connectivity index (χ0n) is 23.0. The van der Waals surface area contributed by atoms with Crippen LogP contribution < -0.4 is 15.4 Å². The molecule has 1 unspecified atom stereocenters. The maximum atomic E-state index is 12.8. The van der Waals surface area contributed by atoms with Crippen molar-refractivity contribution in [2.45, 2.75) is 71.8 Å². The fraction of sp³-hybridized carbons (Fsp3) is 0.552. The van der Waals surface area contributed by atoms with Crippen LogP contribution in [0.1, 0.15) is 63.1 Å². The molecule has 1 aliphatic rings. The van der Waals surface area contributed by atoms with Crippen molar-refractivity contribution in [3.05, 3.63) is 65.2 Å². The third-order valence-electron chi connectivity index (χ3n) is 5.82. The summed E-state index contributed by atoms with van der Waals surface area (Å²) in [6.07, 6.45) is -4.06. The number of rotatable bonds is 9. The van der Waals surface area contributed by atoms with E-state index in [1.807, 2.05) is 24.3 Å².